The lowest BCUT2D eigenvalue weighted by Crippen LogP contribution is -2.51. The van der Waals surface area contributed by atoms with Crippen molar-refractivity contribution in [2.75, 3.05) is 49.1 Å². The van der Waals surface area contributed by atoms with Crippen molar-refractivity contribution in [3.05, 3.63) is 54.1 Å². The van der Waals surface area contributed by atoms with Crippen LogP contribution in [0.4, 0.5) is 19.6 Å². The molecular formula is C23H24F2N4OS. The van der Waals surface area contributed by atoms with E-state index in [1.807, 2.05) is 21.9 Å². The van der Waals surface area contributed by atoms with E-state index in [2.05, 4.69) is 9.88 Å². The fraction of sp³-hybridized carbons (Fsp3) is 0.391. The molecule has 2 aliphatic heterocycles. The molecule has 0 spiro atoms. The van der Waals surface area contributed by atoms with Crippen molar-refractivity contribution in [1.29, 1.82) is 0 Å². The van der Waals surface area contributed by atoms with Crippen molar-refractivity contribution < 1.29 is 13.6 Å². The zero-order valence-corrected chi connectivity index (χ0v) is 18.0. The van der Waals surface area contributed by atoms with Gasteiger partial charge in [-0.25, -0.2) is 13.8 Å². The maximum atomic E-state index is 14.0. The van der Waals surface area contributed by atoms with E-state index in [0.717, 1.165) is 35.8 Å². The number of piperidine rings is 1. The van der Waals surface area contributed by atoms with E-state index in [1.54, 1.807) is 18.2 Å². The van der Waals surface area contributed by atoms with Crippen LogP contribution in [0.1, 0.15) is 12.8 Å². The van der Waals surface area contributed by atoms with Crippen LogP contribution in [0.25, 0.3) is 10.2 Å². The van der Waals surface area contributed by atoms with Gasteiger partial charge in [0.25, 0.3) is 0 Å². The highest BCUT2D eigenvalue weighted by atomic mass is 32.1. The molecule has 5 rings (SSSR count). The van der Waals surface area contributed by atoms with Crippen LogP contribution >= 0.6 is 11.3 Å². The first-order valence-electron chi connectivity index (χ1n) is 10.7. The van der Waals surface area contributed by atoms with Crippen molar-refractivity contribution in [3.63, 3.8) is 0 Å². The van der Waals surface area contributed by atoms with E-state index in [-0.39, 0.29) is 23.5 Å². The normalized spacial score (nSPS) is 18.1. The largest absolute Gasteiger partial charge is 0.366 e. The number of hydrogen-bond donors (Lipinski definition) is 0. The summed E-state index contributed by atoms with van der Waals surface area (Å²) in [6, 6.07) is 11.8. The first-order chi connectivity index (χ1) is 15.1. The molecule has 3 heterocycles. The number of para-hydroxylation sites is 2. The minimum atomic E-state index is -0.292. The molecule has 31 heavy (non-hydrogen) atoms. The third kappa shape index (κ3) is 3.96. The van der Waals surface area contributed by atoms with Crippen LogP contribution in [-0.4, -0.2) is 55.1 Å². The standard InChI is InChI=1S/C23H24F2N4OS/c24-17-4-1-2-6-19(17)27-12-14-28(15-13-27)22(30)16-8-10-29(11-9-16)23-26-21-18(25)5-3-7-20(21)31-23/h1-7,16H,8-15H2. The van der Waals surface area contributed by atoms with Gasteiger partial charge >= 0.3 is 0 Å². The Hall–Kier alpha value is -2.74. The Morgan fingerprint density at radius 2 is 1.58 bits per heavy atom. The summed E-state index contributed by atoms with van der Waals surface area (Å²) >= 11 is 1.50. The zero-order chi connectivity index (χ0) is 21.4. The summed E-state index contributed by atoms with van der Waals surface area (Å²) in [6.45, 7) is 4.00. The molecule has 2 saturated heterocycles. The molecular weight excluding hydrogens is 418 g/mol. The second-order valence-electron chi connectivity index (χ2n) is 8.11. The maximum Gasteiger partial charge on any atom is 0.225 e. The minimum Gasteiger partial charge on any atom is -0.366 e. The van der Waals surface area contributed by atoms with E-state index in [1.165, 1.54) is 23.5 Å². The Balaban J connectivity index is 1.17. The van der Waals surface area contributed by atoms with E-state index in [0.29, 0.717) is 37.4 Å². The molecule has 0 saturated carbocycles. The molecule has 2 aliphatic rings. The molecule has 3 aromatic rings. The van der Waals surface area contributed by atoms with Gasteiger partial charge < -0.3 is 14.7 Å². The highest BCUT2D eigenvalue weighted by molar-refractivity contribution is 7.22. The zero-order valence-electron chi connectivity index (χ0n) is 17.1. The number of carbonyl (C=O) groups is 1. The summed E-state index contributed by atoms with van der Waals surface area (Å²) in [7, 11) is 0. The third-order valence-corrected chi connectivity index (χ3v) is 7.34. The van der Waals surface area contributed by atoms with Gasteiger partial charge in [-0.15, -0.1) is 0 Å². The van der Waals surface area contributed by atoms with Gasteiger partial charge in [-0.2, -0.15) is 0 Å². The summed E-state index contributed by atoms with van der Waals surface area (Å²) in [5.74, 6) is -0.311. The Morgan fingerprint density at radius 1 is 0.871 bits per heavy atom. The molecule has 162 valence electrons. The van der Waals surface area contributed by atoms with Crippen LogP contribution < -0.4 is 9.80 Å². The maximum absolute atomic E-state index is 14.0. The van der Waals surface area contributed by atoms with Crippen LogP contribution in [0.3, 0.4) is 0 Å². The average Bonchev–Trinajstić information content (AvgIpc) is 3.25. The average molecular weight is 443 g/mol. The van der Waals surface area contributed by atoms with E-state index < -0.39 is 0 Å². The Kier molecular flexibility index (Phi) is 5.48. The SMILES string of the molecule is O=C(C1CCN(c2nc3c(F)cccc3s2)CC1)N1CCN(c2ccccc2F)CC1. The van der Waals surface area contributed by atoms with Gasteiger partial charge in [0.05, 0.1) is 10.4 Å². The molecule has 0 radical (unpaired) electrons. The molecule has 2 fully saturated rings. The number of thiazole rings is 1. The third-order valence-electron chi connectivity index (χ3n) is 6.26. The highest BCUT2D eigenvalue weighted by Crippen LogP contribution is 2.33. The Bertz CT molecular complexity index is 1090. The van der Waals surface area contributed by atoms with Crippen LogP contribution in [0.15, 0.2) is 42.5 Å². The van der Waals surface area contributed by atoms with Gasteiger partial charge in [0.2, 0.25) is 5.91 Å². The Morgan fingerprint density at radius 3 is 2.29 bits per heavy atom. The second kappa shape index (κ2) is 8.42. The van der Waals surface area contributed by atoms with Gasteiger partial charge in [0.1, 0.15) is 17.2 Å². The van der Waals surface area contributed by atoms with Crippen LogP contribution in [-0.2, 0) is 4.79 Å². The second-order valence-corrected chi connectivity index (χ2v) is 9.12. The van der Waals surface area contributed by atoms with Crippen molar-refractivity contribution in [2.45, 2.75) is 12.8 Å². The van der Waals surface area contributed by atoms with Crippen LogP contribution in [0.2, 0.25) is 0 Å². The molecule has 0 aliphatic carbocycles. The van der Waals surface area contributed by atoms with Gasteiger partial charge in [-0.3, -0.25) is 4.79 Å². The minimum absolute atomic E-state index is 0.00220. The van der Waals surface area contributed by atoms with Crippen molar-refractivity contribution in [3.8, 4) is 0 Å². The first-order valence-corrected chi connectivity index (χ1v) is 11.5. The number of hydrogen-bond acceptors (Lipinski definition) is 5. The summed E-state index contributed by atoms with van der Waals surface area (Å²) in [6.07, 6.45) is 1.54. The predicted octanol–water partition coefficient (Wildman–Crippen LogP) is 4.14. The topological polar surface area (TPSA) is 39.7 Å². The molecule has 2 aromatic carbocycles. The van der Waals surface area contributed by atoms with Crippen LogP contribution in [0.5, 0.6) is 0 Å². The number of nitrogens with zero attached hydrogens (tertiary/aromatic N) is 4. The number of amides is 1. The summed E-state index contributed by atoms with van der Waals surface area (Å²) in [5.41, 5.74) is 1.03. The number of halogens is 2. The number of rotatable bonds is 3. The lowest BCUT2D eigenvalue weighted by atomic mass is 9.95. The van der Waals surface area contributed by atoms with Crippen molar-refractivity contribution in [2.24, 2.45) is 5.92 Å². The summed E-state index contributed by atoms with van der Waals surface area (Å²) < 4.78 is 28.8. The first kappa shape index (κ1) is 20.2. The van der Waals surface area contributed by atoms with Gasteiger partial charge in [-0.05, 0) is 37.1 Å². The highest BCUT2D eigenvalue weighted by Gasteiger charge is 2.31. The number of aromatic nitrogens is 1. The monoisotopic (exact) mass is 442 g/mol. The lowest BCUT2D eigenvalue weighted by Gasteiger charge is -2.39. The molecule has 5 nitrogen and oxygen atoms in total. The number of fused-ring (bicyclic) bond motifs is 1. The molecule has 0 unspecified atom stereocenters. The number of carbonyl (C=O) groups excluding carboxylic acids is 1. The molecule has 0 N–H and O–H groups in total. The van der Waals surface area contributed by atoms with E-state index >= 15 is 0 Å². The number of benzene rings is 2. The molecule has 1 aromatic heterocycles. The predicted molar refractivity (Wildman–Crippen MR) is 120 cm³/mol. The number of anilines is 2. The molecule has 0 atom stereocenters. The summed E-state index contributed by atoms with van der Waals surface area (Å²) in [5, 5.41) is 0.824. The fourth-order valence-electron chi connectivity index (χ4n) is 4.49. The number of piperazine rings is 1. The van der Waals surface area contributed by atoms with E-state index in [4.69, 9.17) is 0 Å². The quantitative estimate of drug-likeness (QED) is 0.611. The fourth-order valence-corrected chi connectivity index (χ4v) is 5.52. The van der Waals surface area contributed by atoms with Crippen LogP contribution in [0, 0.1) is 17.6 Å². The smallest absolute Gasteiger partial charge is 0.225 e. The van der Waals surface area contributed by atoms with E-state index in [9.17, 15) is 13.6 Å². The summed E-state index contributed by atoms with van der Waals surface area (Å²) in [4.78, 5) is 23.6. The van der Waals surface area contributed by atoms with Gasteiger partial charge in [0, 0.05) is 45.2 Å². The van der Waals surface area contributed by atoms with Gasteiger partial charge in [-0.1, -0.05) is 29.5 Å². The Labute approximate surface area is 183 Å². The lowest BCUT2D eigenvalue weighted by molar-refractivity contribution is -0.136. The van der Waals surface area contributed by atoms with Gasteiger partial charge in [0.15, 0.2) is 5.13 Å². The molecule has 1 amide bonds. The van der Waals surface area contributed by atoms with Crippen molar-refractivity contribution >= 4 is 38.3 Å². The molecule has 0 bridgehead atoms. The van der Waals surface area contributed by atoms with Crippen molar-refractivity contribution in [1.82, 2.24) is 9.88 Å². The molecule has 8 heteroatoms.